The largest absolute Gasteiger partial charge is 0.355 e. The molecular formula is C8H10ClN3. The van der Waals surface area contributed by atoms with Crippen molar-refractivity contribution in [3.63, 3.8) is 0 Å². The van der Waals surface area contributed by atoms with Crippen LogP contribution >= 0.6 is 11.6 Å². The molecule has 0 spiro atoms. The lowest BCUT2D eigenvalue weighted by Gasteiger charge is -2.16. The van der Waals surface area contributed by atoms with Crippen LogP contribution < -0.4 is 4.90 Å². The molecule has 1 aromatic rings. The lowest BCUT2D eigenvalue weighted by molar-refractivity contribution is 0.927. The van der Waals surface area contributed by atoms with Gasteiger partial charge < -0.3 is 4.90 Å². The van der Waals surface area contributed by atoms with Crippen molar-refractivity contribution in [1.82, 2.24) is 9.97 Å². The van der Waals surface area contributed by atoms with Crippen LogP contribution in [0.2, 0.25) is 5.02 Å². The third kappa shape index (κ3) is 1.37. The highest BCUT2D eigenvalue weighted by Gasteiger charge is 2.15. The summed E-state index contributed by atoms with van der Waals surface area (Å²) in [6.45, 7) is 2.13. The van der Waals surface area contributed by atoms with E-state index in [-0.39, 0.29) is 0 Å². The molecule has 0 unspecified atom stereocenters. The maximum Gasteiger partial charge on any atom is 0.150 e. The second kappa shape index (κ2) is 3.27. The van der Waals surface area contributed by atoms with Gasteiger partial charge in [-0.15, -0.1) is 0 Å². The van der Waals surface area contributed by atoms with Gasteiger partial charge in [0.2, 0.25) is 0 Å². The number of nitrogens with zero attached hydrogens (tertiary/aromatic N) is 3. The lowest BCUT2D eigenvalue weighted by atomic mass is 10.4. The van der Waals surface area contributed by atoms with Crippen LogP contribution in [0.3, 0.4) is 0 Å². The molecule has 0 saturated carbocycles. The number of hydrogen-bond acceptors (Lipinski definition) is 3. The fraction of sp³-hybridized carbons (Fsp3) is 0.500. The summed E-state index contributed by atoms with van der Waals surface area (Å²) in [5.41, 5.74) is 0. The molecule has 12 heavy (non-hydrogen) atoms. The molecule has 0 N–H and O–H groups in total. The van der Waals surface area contributed by atoms with Crippen LogP contribution in [0.1, 0.15) is 12.8 Å². The summed E-state index contributed by atoms with van der Waals surface area (Å²) < 4.78 is 0. The molecule has 64 valence electrons. The summed E-state index contributed by atoms with van der Waals surface area (Å²) in [6.07, 6.45) is 5.66. The van der Waals surface area contributed by atoms with E-state index in [9.17, 15) is 0 Å². The van der Waals surface area contributed by atoms with Crippen LogP contribution in [0.4, 0.5) is 5.82 Å². The normalized spacial score (nSPS) is 16.9. The molecule has 0 aromatic carbocycles. The Morgan fingerprint density at radius 2 is 2.08 bits per heavy atom. The Labute approximate surface area is 76.4 Å². The molecule has 1 fully saturated rings. The van der Waals surface area contributed by atoms with Crippen molar-refractivity contribution in [3.05, 3.63) is 17.5 Å². The molecule has 1 aromatic heterocycles. The molecule has 0 bridgehead atoms. The maximum atomic E-state index is 5.94. The zero-order chi connectivity index (χ0) is 8.39. The van der Waals surface area contributed by atoms with E-state index in [0.29, 0.717) is 5.02 Å². The fourth-order valence-corrected chi connectivity index (χ4v) is 1.69. The third-order valence-corrected chi connectivity index (χ3v) is 2.32. The van der Waals surface area contributed by atoms with Gasteiger partial charge in [0.25, 0.3) is 0 Å². The van der Waals surface area contributed by atoms with E-state index >= 15 is 0 Å². The third-order valence-electron chi connectivity index (χ3n) is 2.05. The minimum absolute atomic E-state index is 0.652. The van der Waals surface area contributed by atoms with E-state index in [1.54, 1.807) is 12.5 Å². The number of anilines is 1. The predicted octanol–water partition coefficient (Wildman–Crippen LogP) is 1.73. The Bertz CT molecular complexity index is 271. The number of rotatable bonds is 1. The molecule has 2 rings (SSSR count). The Kier molecular flexibility index (Phi) is 2.13. The van der Waals surface area contributed by atoms with Crippen molar-refractivity contribution in [1.29, 1.82) is 0 Å². The Morgan fingerprint density at radius 1 is 1.33 bits per heavy atom. The van der Waals surface area contributed by atoms with Gasteiger partial charge in [-0.25, -0.2) is 9.97 Å². The van der Waals surface area contributed by atoms with Crippen LogP contribution in [0.15, 0.2) is 12.5 Å². The SMILES string of the molecule is Clc1cncnc1N1CCCC1. The topological polar surface area (TPSA) is 29.0 Å². The van der Waals surface area contributed by atoms with E-state index < -0.39 is 0 Å². The molecule has 0 radical (unpaired) electrons. The van der Waals surface area contributed by atoms with Crippen LogP contribution in [0.5, 0.6) is 0 Å². The minimum atomic E-state index is 0.652. The van der Waals surface area contributed by atoms with Gasteiger partial charge in [0.05, 0.1) is 6.20 Å². The highest BCUT2D eigenvalue weighted by atomic mass is 35.5. The monoisotopic (exact) mass is 183 g/mol. The molecule has 0 amide bonds. The molecule has 1 aliphatic rings. The van der Waals surface area contributed by atoms with Gasteiger partial charge >= 0.3 is 0 Å². The van der Waals surface area contributed by atoms with Gasteiger partial charge in [-0.2, -0.15) is 0 Å². The van der Waals surface area contributed by atoms with E-state index in [1.807, 2.05) is 0 Å². The molecule has 3 nitrogen and oxygen atoms in total. The standard InChI is InChI=1S/C8H10ClN3/c9-7-5-10-6-11-8(7)12-3-1-2-4-12/h5-6H,1-4H2. The smallest absolute Gasteiger partial charge is 0.150 e. The number of hydrogen-bond donors (Lipinski definition) is 0. The molecule has 0 aliphatic carbocycles. The maximum absolute atomic E-state index is 5.94. The second-order valence-electron chi connectivity index (χ2n) is 2.89. The average Bonchev–Trinajstić information content (AvgIpc) is 2.57. The first-order chi connectivity index (χ1) is 5.88. The molecule has 1 aliphatic heterocycles. The predicted molar refractivity (Wildman–Crippen MR) is 48.5 cm³/mol. The van der Waals surface area contributed by atoms with Crippen LogP contribution in [-0.2, 0) is 0 Å². The van der Waals surface area contributed by atoms with E-state index in [2.05, 4.69) is 14.9 Å². The quantitative estimate of drug-likeness (QED) is 0.664. The highest BCUT2D eigenvalue weighted by Crippen LogP contribution is 2.24. The van der Waals surface area contributed by atoms with Gasteiger partial charge in [0, 0.05) is 13.1 Å². The summed E-state index contributed by atoms with van der Waals surface area (Å²) >= 11 is 5.94. The average molecular weight is 184 g/mol. The van der Waals surface area contributed by atoms with Gasteiger partial charge in [-0.3, -0.25) is 0 Å². The van der Waals surface area contributed by atoms with Gasteiger partial charge in [0.1, 0.15) is 11.3 Å². The van der Waals surface area contributed by atoms with Crippen LogP contribution in [-0.4, -0.2) is 23.1 Å². The Morgan fingerprint density at radius 3 is 2.75 bits per heavy atom. The zero-order valence-electron chi connectivity index (χ0n) is 6.70. The van der Waals surface area contributed by atoms with E-state index in [1.165, 1.54) is 12.8 Å². The van der Waals surface area contributed by atoms with Crippen molar-refractivity contribution >= 4 is 17.4 Å². The molecule has 0 atom stereocenters. The minimum Gasteiger partial charge on any atom is -0.355 e. The van der Waals surface area contributed by atoms with Gasteiger partial charge in [-0.1, -0.05) is 11.6 Å². The van der Waals surface area contributed by atoms with Crippen molar-refractivity contribution in [2.45, 2.75) is 12.8 Å². The van der Waals surface area contributed by atoms with E-state index in [0.717, 1.165) is 18.9 Å². The zero-order valence-corrected chi connectivity index (χ0v) is 7.46. The lowest BCUT2D eigenvalue weighted by Crippen LogP contribution is -2.19. The summed E-state index contributed by atoms with van der Waals surface area (Å²) in [5.74, 6) is 0.879. The Balaban J connectivity index is 2.26. The summed E-state index contributed by atoms with van der Waals surface area (Å²) in [7, 11) is 0. The first-order valence-electron chi connectivity index (χ1n) is 4.08. The first-order valence-corrected chi connectivity index (χ1v) is 4.46. The highest BCUT2D eigenvalue weighted by molar-refractivity contribution is 6.32. The van der Waals surface area contributed by atoms with E-state index in [4.69, 9.17) is 11.6 Å². The van der Waals surface area contributed by atoms with Crippen molar-refractivity contribution in [2.24, 2.45) is 0 Å². The summed E-state index contributed by atoms with van der Waals surface area (Å²) in [6, 6.07) is 0. The number of halogens is 1. The van der Waals surface area contributed by atoms with Crippen molar-refractivity contribution in [3.8, 4) is 0 Å². The fourth-order valence-electron chi connectivity index (χ4n) is 1.47. The molecule has 2 heterocycles. The van der Waals surface area contributed by atoms with Gasteiger partial charge in [0.15, 0.2) is 5.82 Å². The first kappa shape index (κ1) is 7.80. The number of aromatic nitrogens is 2. The van der Waals surface area contributed by atoms with Crippen LogP contribution in [0.25, 0.3) is 0 Å². The second-order valence-corrected chi connectivity index (χ2v) is 3.30. The van der Waals surface area contributed by atoms with Gasteiger partial charge in [-0.05, 0) is 12.8 Å². The summed E-state index contributed by atoms with van der Waals surface area (Å²) in [4.78, 5) is 10.2. The van der Waals surface area contributed by atoms with Crippen molar-refractivity contribution < 1.29 is 0 Å². The molecular weight excluding hydrogens is 174 g/mol. The Hall–Kier alpha value is -0.830. The molecule has 1 saturated heterocycles. The molecule has 4 heteroatoms. The summed E-state index contributed by atoms with van der Waals surface area (Å²) in [5, 5.41) is 0.652. The van der Waals surface area contributed by atoms with Crippen LogP contribution in [0, 0.1) is 0 Å². The van der Waals surface area contributed by atoms with Crippen molar-refractivity contribution in [2.75, 3.05) is 18.0 Å².